The van der Waals surface area contributed by atoms with Crippen LogP contribution in [0.4, 0.5) is 0 Å². The Morgan fingerprint density at radius 2 is 2.13 bits per heavy atom. The maximum atomic E-state index is 11.1. The van der Waals surface area contributed by atoms with Gasteiger partial charge in [0.2, 0.25) is 5.91 Å². The molecule has 1 aromatic heterocycles. The quantitative estimate of drug-likeness (QED) is 0.693. The fourth-order valence-electron chi connectivity index (χ4n) is 1.93. The third-order valence-corrected chi connectivity index (χ3v) is 2.80. The van der Waals surface area contributed by atoms with E-state index >= 15 is 0 Å². The molecule has 1 fully saturated rings. The summed E-state index contributed by atoms with van der Waals surface area (Å²) in [4.78, 5) is 19.0. The van der Waals surface area contributed by atoms with E-state index in [2.05, 4.69) is 15.3 Å². The van der Waals surface area contributed by atoms with E-state index in [-0.39, 0.29) is 17.7 Å². The number of aromatic nitrogens is 2. The highest BCUT2D eigenvalue weighted by Crippen LogP contribution is 2.24. The molecule has 0 aliphatic carbocycles. The number of amides is 1. The summed E-state index contributed by atoms with van der Waals surface area (Å²) in [5.41, 5.74) is 6.36. The topological polar surface area (TPSA) is 80.9 Å². The van der Waals surface area contributed by atoms with Crippen molar-refractivity contribution in [2.24, 2.45) is 11.7 Å². The van der Waals surface area contributed by atoms with E-state index in [0.29, 0.717) is 6.54 Å². The van der Waals surface area contributed by atoms with Gasteiger partial charge in [-0.2, -0.15) is 0 Å². The number of rotatable bonds is 2. The predicted octanol–water partition coefficient (Wildman–Crippen LogP) is -0.345. The van der Waals surface area contributed by atoms with Crippen LogP contribution >= 0.6 is 0 Å². The summed E-state index contributed by atoms with van der Waals surface area (Å²) in [5, 5.41) is 3.21. The van der Waals surface area contributed by atoms with Gasteiger partial charge in [-0.05, 0) is 12.0 Å². The minimum atomic E-state index is -0.232. The number of hydrogen-bond acceptors (Lipinski definition) is 4. The highest BCUT2D eigenvalue weighted by molar-refractivity contribution is 5.77. The van der Waals surface area contributed by atoms with Crippen LogP contribution in [0.5, 0.6) is 0 Å². The summed E-state index contributed by atoms with van der Waals surface area (Å²) in [6.07, 6.45) is 5.88. The highest BCUT2D eigenvalue weighted by atomic mass is 16.1. The van der Waals surface area contributed by atoms with Gasteiger partial charge in [0.05, 0.1) is 5.92 Å². The summed E-state index contributed by atoms with van der Waals surface area (Å²) in [6.45, 7) is 1.54. The lowest BCUT2D eigenvalue weighted by Gasteiger charge is -2.27. The third-order valence-electron chi connectivity index (χ3n) is 2.80. The molecule has 0 spiro atoms. The molecule has 1 saturated heterocycles. The number of nitrogens with zero attached hydrogens (tertiary/aromatic N) is 2. The maximum Gasteiger partial charge on any atom is 0.221 e. The fourth-order valence-corrected chi connectivity index (χ4v) is 1.93. The number of piperidine rings is 1. The summed E-state index contributed by atoms with van der Waals surface area (Å²) in [6, 6.07) is 0. The predicted molar refractivity (Wildman–Crippen MR) is 54.9 cm³/mol. The Hall–Kier alpha value is -1.49. The normalized spacial score (nSPS) is 26.1. The van der Waals surface area contributed by atoms with E-state index in [9.17, 15) is 4.79 Å². The van der Waals surface area contributed by atoms with Crippen molar-refractivity contribution in [3.8, 4) is 0 Å². The Morgan fingerprint density at radius 3 is 2.80 bits per heavy atom. The van der Waals surface area contributed by atoms with Gasteiger partial charge in [0.25, 0.3) is 0 Å². The van der Waals surface area contributed by atoms with Crippen LogP contribution in [-0.4, -0.2) is 29.0 Å². The fraction of sp³-hybridized carbons (Fsp3) is 0.500. The first-order valence-electron chi connectivity index (χ1n) is 5.02. The van der Waals surface area contributed by atoms with E-state index in [1.807, 2.05) is 0 Å². The standard InChI is InChI=1S/C10H14N4O/c11-10(15)8-1-7(2-12-3-8)9-4-13-6-14-5-9/h4-8,12H,1-3H2,(H2,11,15). The minimum Gasteiger partial charge on any atom is -0.369 e. The van der Waals surface area contributed by atoms with Crippen molar-refractivity contribution in [3.63, 3.8) is 0 Å². The summed E-state index contributed by atoms with van der Waals surface area (Å²) in [5.74, 6) is -0.0227. The van der Waals surface area contributed by atoms with Crippen LogP contribution < -0.4 is 11.1 Å². The Labute approximate surface area is 88.1 Å². The molecule has 2 heterocycles. The summed E-state index contributed by atoms with van der Waals surface area (Å²) < 4.78 is 0. The van der Waals surface area contributed by atoms with Gasteiger partial charge in [0.1, 0.15) is 6.33 Å². The molecule has 1 aliphatic heterocycles. The van der Waals surface area contributed by atoms with E-state index in [1.165, 1.54) is 6.33 Å². The SMILES string of the molecule is NC(=O)C1CNCC(c2cncnc2)C1. The van der Waals surface area contributed by atoms with Crippen molar-refractivity contribution in [1.82, 2.24) is 15.3 Å². The molecular formula is C10H14N4O. The zero-order valence-corrected chi connectivity index (χ0v) is 8.39. The molecule has 1 aliphatic rings. The van der Waals surface area contributed by atoms with Crippen LogP contribution in [0.15, 0.2) is 18.7 Å². The first-order chi connectivity index (χ1) is 7.27. The second kappa shape index (κ2) is 4.35. The smallest absolute Gasteiger partial charge is 0.221 e. The lowest BCUT2D eigenvalue weighted by Crippen LogP contribution is -2.41. The maximum absolute atomic E-state index is 11.1. The van der Waals surface area contributed by atoms with Crippen LogP contribution in [0.3, 0.4) is 0 Å². The van der Waals surface area contributed by atoms with Crippen LogP contribution in [0.25, 0.3) is 0 Å². The van der Waals surface area contributed by atoms with E-state index in [0.717, 1.165) is 18.5 Å². The molecular weight excluding hydrogens is 192 g/mol. The highest BCUT2D eigenvalue weighted by Gasteiger charge is 2.26. The molecule has 80 valence electrons. The number of primary amides is 1. The first-order valence-corrected chi connectivity index (χ1v) is 5.02. The molecule has 2 atom stereocenters. The average molecular weight is 206 g/mol. The van der Waals surface area contributed by atoms with Crippen LogP contribution in [-0.2, 0) is 4.79 Å². The lowest BCUT2D eigenvalue weighted by atomic mass is 9.86. The van der Waals surface area contributed by atoms with Crippen molar-refractivity contribution in [2.45, 2.75) is 12.3 Å². The molecule has 0 bridgehead atoms. The lowest BCUT2D eigenvalue weighted by molar-refractivity contribution is -0.122. The van der Waals surface area contributed by atoms with Gasteiger partial charge in [0, 0.05) is 31.4 Å². The van der Waals surface area contributed by atoms with Crippen LogP contribution in [0, 0.1) is 5.92 Å². The zero-order valence-electron chi connectivity index (χ0n) is 8.39. The molecule has 0 radical (unpaired) electrons. The van der Waals surface area contributed by atoms with E-state index < -0.39 is 0 Å². The Bertz CT molecular complexity index is 341. The average Bonchev–Trinajstić information content (AvgIpc) is 2.30. The molecule has 0 saturated carbocycles. The molecule has 15 heavy (non-hydrogen) atoms. The Kier molecular flexibility index (Phi) is 2.91. The second-order valence-electron chi connectivity index (χ2n) is 3.86. The van der Waals surface area contributed by atoms with Crippen molar-refractivity contribution < 1.29 is 4.79 Å². The number of hydrogen-bond donors (Lipinski definition) is 2. The Morgan fingerprint density at radius 1 is 1.40 bits per heavy atom. The number of nitrogens with two attached hydrogens (primary N) is 1. The molecule has 5 heteroatoms. The van der Waals surface area contributed by atoms with Crippen molar-refractivity contribution in [1.29, 1.82) is 0 Å². The molecule has 2 rings (SSSR count). The van der Waals surface area contributed by atoms with Crippen molar-refractivity contribution in [3.05, 3.63) is 24.3 Å². The van der Waals surface area contributed by atoms with Gasteiger partial charge >= 0.3 is 0 Å². The van der Waals surface area contributed by atoms with Crippen LogP contribution in [0.1, 0.15) is 17.9 Å². The monoisotopic (exact) mass is 206 g/mol. The zero-order chi connectivity index (χ0) is 10.7. The molecule has 0 aromatic carbocycles. The van der Waals surface area contributed by atoms with Gasteiger partial charge in [-0.3, -0.25) is 4.79 Å². The number of carbonyl (C=O) groups is 1. The van der Waals surface area contributed by atoms with Crippen molar-refractivity contribution in [2.75, 3.05) is 13.1 Å². The number of nitrogens with one attached hydrogen (secondary N) is 1. The molecule has 2 unspecified atom stereocenters. The largest absolute Gasteiger partial charge is 0.369 e. The van der Waals surface area contributed by atoms with E-state index in [1.54, 1.807) is 12.4 Å². The van der Waals surface area contributed by atoms with Gasteiger partial charge in [-0.15, -0.1) is 0 Å². The van der Waals surface area contributed by atoms with Crippen molar-refractivity contribution >= 4 is 5.91 Å². The summed E-state index contributed by atoms with van der Waals surface area (Å²) in [7, 11) is 0. The van der Waals surface area contributed by atoms with Crippen LogP contribution in [0.2, 0.25) is 0 Å². The third kappa shape index (κ3) is 2.30. The molecule has 1 amide bonds. The minimum absolute atomic E-state index is 0.0797. The Balaban J connectivity index is 2.08. The second-order valence-corrected chi connectivity index (χ2v) is 3.86. The van der Waals surface area contributed by atoms with Gasteiger partial charge in [0.15, 0.2) is 0 Å². The van der Waals surface area contributed by atoms with Gasteiger partial charge in [-0.25, -0.2) is 9.97 Å². The summed E-state index contributed by atoms with van der Waals surface area (Å²) >= 11 is 0. The van der Waals surface area contributed by atoms with Gasteiger partial charge in [-0.1, -0.05) is 0 Å². The van der Waals surface area contributed by atoms with Gasteiger partial charge < -0.3 is 11.1 Å². The molecule has 1 aromatic rings. The number of carbonyl (C=O) groups excluding carboxylic acids is 1. The molecule has 3 N–H and O–H groups in total. The van der Waals surface area contributed by atoms with E-state index in [4.69, 9.17) is 5.73 Å². The molecule has 5 nitrogen and oxygen atoms in total. The first kappa shape index (κ1) is 10.0.